The number of nitrogens with one attached hydrogen (secondary N) is 1. The molecule has 2 aromatic heterocycles. The van der Waals surface area contributed by atoms with Gasteiger partial charge >= 0.3 is 6.18 Å². The third kappa shape index (κ3) is 4.04. The Labute approximate surface area is 195 Å². The predicted molar refractivity (Wildman–Crippen MR) is 121 cm³/mol. The molecule has 0 saturated carbocycles. The Bertz CT molecular complexity index is 1210. The van der Waals surface area contributed by atoms with Crippen LogP contribution in [0.4, 0.5) is 19.0 Å². The van der Waals surface area contributed by atoms with Crippen LogP contribution in [0.15, 0.2) is 48.8 Å². The van der Waals surface area contributed by atoms with E-state index in [1.807, 2.05) is 13.0 Å². The van der Waals surface area contributed by atoms with E-state index in [1.54, 1.807) is 23.4 Å². The van der Waals surface area contributed by atoms with Crippen molar-refractivity contribution in [2.45, 2.75) is 44.3 Å². The smallest absolute Gasteiger partial charge is 0.314 e. The maximum atomic E-state index is 13.7. The molecule has 1 atom stereocenters. The van der Waals surface area contributed by atoms with Gasteiger partial charge in [0.1, 0.15) is 5.82 Å². The third-order valence-corrected chi connectivity index (χ3v) is 6.73. The van der Waals surface area contributed by atoms with Crippen LogP contribution in [0.2, 0.25) is 0 Å². The van der Waals surface area contributed by atoms with Gasteiger partial charge in [-0.1, -0.05) is 12.1 Å². The highest BCUT2D eigenvalue weighted by atomic mass is 19.4. The van der Waals surface area contributed by atoms with Crippen molar-refractivity contribution in [3.63, 3.8) is 0 Å². The second-order valence-corrected chi connectivity index (χ2v) is 8.93. The molecule has 176 valence electrons. The first-order chi connectivity index (χ1) is 16.3. The number of aryl methyl sites for hydroxylation is 2. The monoisotopic (exact) mass is 467 g/mol. The van der Waals surface area contributed by atoms with Crippen LogP contribution < -0.4 is 10.2 Å². The summed E-state index contributed by atoms with van der Waals surface area (Å²) in [5.41, 5.74) is 1.93. The van der Waals surface area contributed by atoms with Crippen molar-refractivity contribution < 1.29 is 18.0 Å². The number of pyridine rings is 1. The predicted octanol–water partition coefficient (Wildman–Crippen LogP) is 4.12. The van der Waals surface area contributed by atoms with Gasteiger partial charge in [-0.15, -0.1) is 0 Å². The Balaban J connectivity index is 1.51. The maximum Gasteiger partial charge on any atom is 0.416 e. The van der Waals surface area contributed by atoms with Crippen LogP contribution in [-0.4, -0.2) is 39.5 Å². The van der Waals surface area contributed by atoms with E-state index < -0.39 is 11.7 Å². The van der Waals surface area contributed by atoms with Crippen molar-refractivity contribution >= 4 is 11.7 Å². The SMILES string of the molecule is Cc1nc2c(cc1-c1ncccn1)CC[C@@]1(CCNC1)N2C(=O)Cc1ccc(C(F)(F)F)cc1. The normalized spacial score (nSPS) is 19.9. The Hall–Kier alpha value is -3.33. The van der Waals surface area contributed by atoms with Crippen LogP contribution in [0.25, 0.3) is 11.4 Å². The summed E-state index contributed by atoms with van der Waals surface area (Å²) in [4.78, 5) is 29.0. The summed E-state index contributed by atoms with van der Waals surface area (Å²) >= 11 is 0. The summed E-state index contributed by atoms with van der Waals surface area (Å²) in [6.45, 7) is 3.34. The number of anilines is 1. The summed E-state index contributed by atoms with van der Waals surface area (Å²) in [7, 11) is 0. The molecule has 0 radical (unpaired) electrons. The van der Waals surface area contributed by atoms with Crippen LogP contribution in [0.1, 0.15) is 35.2 Å². The first-order valence-electron chi connectivity index (χ1n) is 11.2. The summed E-state index contributed by atoms with van der Waals surface area (Å²) in [5.74, 6) is 1.05. The first kappa shape index (κ1) is 22.5. The second kappa shape index (κ2) is 8.47. The van der Waals surface area contributed by atoms with Gasteiger partial charge in [-0.2, -0.15) is 13.2 Å². The molecule has 4 heterocycles. The molecule has 0 unspecified atom stereocenters. The molecule has 5 rings (SSSR count). The van der Waals surface area contributed by atoms with E-state index in [4.69, 9.17) is 4.98 Å². The van der Waals surface area contributed by atoms with Crippen LogP contribution in [0, 0.1) is 6.92 Å². The first-order valence-corrected chi connectivity index (χ1v) is 11.2. The van der Waals surface area contributed by atoms with Crippen molar-refractivity contribution in [1.29, 1.82) is 0 Å². The van der Waals surface area contributed by atoms with Crippen LogP contribution >= 0.6 is 0 Å². The lowest BCUT2D eigenvalue weighted by molar-refractivity contribution is -0.137. The number of hydrogen-bond acceptors (Lipinski definition) is 5. The van der Waals surface area contributed by atoms with E-state index in [-0.39, 0.29) is 17.9 Å². The molecule has 0 bridgehead atoms. The summed E-state index contributed by atoms with van der Waals surface area (Å²) in [5, 5.41) is 3.37. The van der Waals surface area contributed by atoms with E-state index in [0.29, 0.717) is 23.8 Å². The number of rotatable bonds is 3. The van der Waals surface area contributed by atoms with E-state index in [0.717, 1.165) is 54.8 Å². The highest BCUT2D eigenvalue weighted by Crippen LogP contribution is 2.41. The summed E-state index contributed by atoms with van der Waals surface area (Å²) in [6, 6.07) is 8.56. The largest absolute Gasteiger partial charge is 0.416 e. The number of hydrogen-bond donors (Lipinski definition) is 1. The third-order valence-electron chi connectivity index (χ3n) is 6.73. The number of nitrogens with zero attached hydrogens (tertiary/aromatic N) is 4. The van der Waals surface area contributed by atoms with Gasteiger partial charge in [0.05, 0.1) is 23.2 Å². The molecular formula is C25H24F3N5O. The van der Waals surface area contributed by atoms with Crippen molar-refractivity contribution in [1.82, 2.24) is 20.3 Å². The number of halogens is 3. The lowest BCUT2D eigenvalue weighted by Crippen LogP contribution is -2.57. The molecule has 1 spiro atoms. The molecule has 1 saturated heterocycles. The highest BCUT2D eigenvalue weighted by molar-refractivity contribution is 5.97. The molecule has 1 fully saturated rings. The van der Waals surface area contributed by atoms with Gasteiger partial charge in [0.15, 0.2) is 5.82 Å². The molecule has 9 heteroatoms. The lowest BCUT2D eigenvalue weighted by Gasteiger charge is -2.44. The summed E-state index contributed by atoms with van der Waals surface area (Å²) in [6.07, 6.45) is 1.31. The van der Waals surface area contributed by atoms with Gasteiger partial charge in [0, 0.05) is 24.5 Å². The number of aromatic nitrogens is 3. The molecule has 0 aliphatic carbocycles. The molecule has 3 aromatic rings. The molecule has 2 aliphatic rings. The fourth-order valence-corrected chi connectivity index (χ4v) is 4.96. The van der Waals surface area contributed by atoms with Gasteiger partial charge in [0.25, 0.3) is 0 Å². The Kier molecular flexibility index (Phi) is 5.59. The molecular weight excluding hydrogens is 443 g/mol. The number of benzene rings is 1. The van der Waals surface area contributed by atoms with Crippen LogP contribution in [-0.2, 0) is 23.8 Å². The molecule has 6 nitrogen and oxygen atoms in total. The van der Waals surface area contributed by atoms with Crippen LogP contribution in [0.3, 0.4) is 0 Å². The quantitative estimate of drug-likeness (QED) is 0.628. The van der Waals surface area contributed by atoms with Gasteiger partial charge in [-0.05, 0) is 68.1 Å². The fourth-order valence-electron chi connectivity index (χ4n) is 4.96. The average molecular weight is 467 g/mol. The Morgan fingerprint density at radius 2 is 1.88 bits per heavy atom. The molecule has 1 N–H and O–H groups in total. The van der Waals surface area contributed by atoms with Crippen molar-refractivity contribution in [2.75, 3.05) is 18.0 Å². The number of amides is 1. The van der Waals surface area contributed by atoms with E-state index >= 15 is 0 Å². The van der Waals surface area contributed by atoms with Gasteiger partial charge in [-0.25, -0.2) is 15.0 Å². The van der Waals surface area contributed by atoms with Crippen molar-refractivity contribution in [3.05, 3.63) is 71.2 Å². The zero-order valence-electron chi connectivity index (χ0n) is 18.7. The average Bonchev–Trinajstić information content (AvgIpc) is 3.27. The highest BCUT2D eigenvalue weighted by Gasteiger charge is 2.47. The minimum absolute atomic E-state index is 0.00357. The van der Waals surface area contributed by atoms with Crippen LogP contribution in [0.5, 0.6) is 0 Å². The Morgan fingerprint density at radius 3 is 2.53 bits per heavy atom. The topological polar surface area (TPSA) is 71.0 Å². The number of carbonyl (C=O) groups is 1. The van der Waals surface area contributed by atoms with E-state index in [1.165, 1.54) is 12.1 Å². The maximum absolute atomic E-state index is 13.7. The van der Waals surface area contributed by atoms with Gasteiger partial charge < -0.3 is 5.32 Å². The zero-order chi connectivity index (χ0) is 23.9. The van der Waals surface area contributed by atoms with Gasteiger partial charge in [0.2, 0.25) is 5.91 Å². The summed E-state index contributed by atoms with van der Waals surface area (Å²) < 4.78 is 38.8. The standard InChI is InChI=1S/C25H24F3N5O/c1-16-20(22-30-10-2-11-31-22)14-18-7-8-24(9-12-29-15-24)33(23(18)32-16)21(34)13-17-3-5-19(6-4-17)25(26,27)28/h2-6,10-11,14,29H,7-9,12-13,15H2,1H3/t24-/m0/s1. The second-order valence-electron chi connectivity index (χ2n) is 8.93. The van der Waals surface area contributed by atoms with Crippen molar-refractivity contribution in [2.24, 2.45) is 0 Å². The number of alkyl halides is 3. The van der Waals surface area contributed by atoms with Crippen molar-refractivity contribution in [3.8, 4) is 11.4 Å². The molecule has 2 aliphatic heterocycles. The minimum atomic E-state index is -4.41. The molecule has 1 amide bonds. The molecule has 1 aromatic carbocycles. The Morgan fingerprint density at radius 1 is 1.15 bits per heavy atom. The molecule has 34 heavy (non-hydrogen) atoms. The number of carbonyl (C=O) groups excluding carboxylic acids is 1. The van der Waals surface area contributed by atoms with E-state index in [9.17, 15) is 18.0 Å². The number of fused-ring (bicyclic) bond motifs is 1. The zero-order valence-corrected chi connectivity index (χ0v) is 18.7. The fraction of sp³-hybridized carbons (Fsp3) is 0.360. The minimum Gasteiger partial charge on any atom is -0.314 e. The van der Waals surface area contributed by atoms with Gasteiger partial charge in [-0.3, -0.25) is 9.69 Å². The van der Waals surface area contributed by atoms with E-state index in [2.05, 4.69) is 15.3 Å². The lowest BCUT2D eigenvalue weighted by atomic mass is 9.83.